The molecule has 182 valence electrons. The van der Waals surface area contributed by atoms with Crippen LogP contribution in [-0.4, -0.2) is 48.2 Å². The molecule has 1 fully saturated rings. The highest BCUT2D eigenvalue weighted by molar-refractivity contribution is 5.93. The first kappa shape index (κ1) is 24.2. The SMILES string of the molecule is CCOc1nc(C(=O)NCC2CCNC(Cc3ccc(N4C=CC=CC4)nc3)C2)cc(N)c1C#N. The van der Waals surface area contributed by atoms with Crippen LogP contribution in [0.15, 0.2) is 48.8 Å². The molecule has 0 bridgehead atoms. The van der Waals surface area contributed by atoms with Crippen LogP contribution in [0.2, 0.25) is 0 Å². The largest absolute Gasteiger partial charge is 0.477 e. The highest BCUT2D eigenvalue weighted by atomic mass is 16.5. The highest BCUT2D eigenvalue weighted by Gasteiger charge is 2.23. The smallest absolute Gasteiger partial charge is 0.270 e. The molecule has 0 saturated carbocycles. The van der Waals surface area contributed by atoms with Crippen LogP contribution in [0.1, 0.15) is 41.4 Å². The quantitative estimate of drug-likeness (QED) is 0.533. The Hall–Kier alpha value is -3.90. The summed E-state index contributed by atoms with van der Waals surface area (Å²) in [5, 5.41) is 15.8. The van der Waals surface area contributed by atoms with Gasteiger partial charge in [0.15, 0.2) is 0 Å². The maximum atomic E-state index is 12.7. The molecule has 35 heavy (non-hydrogen) atoms. The van der Waals surface area contributed by atoms with E-state index in [-0.39, 0.29) is 28.7 Å². The van der Waals surface area contributed by atoms with Crippen LogP contribution in [0.4, 0.5) is 11.5 Å². The molecule has 0 aromatic carbocycles. The monoisotopic (exact) mass is 473 g/mol. The minimum absolute atomic E-state index is 0.0921. The molecule has 4 N–H and O–H groups in total. The Kier molecular flexibility index (Phi) is 7.95. The van der Waals surface area contributed by atoms with E-state index >= 15 is 0 Å². The molecule has 1 saturated heterocycles. The van der Waals surface area contributed by atoms with Crippen LogP contribution < -0.4 is 26.0 Å². The van der Waals surface area contributed by atoms with Gasteiger partial charge in [-0.3, -0.25) is 4.79 Å². The fraction of sp³-hybridized carbons (Fsp3) is 0.385. The van der Waals surface area contributed by atoms with E-state index in [2.05, 4.69) is 43.7 Å². The number of nitrogen functional groups attached to an aromatic ring is 1. The molecule has 0 aliphatic carbocycles. The van der Waals surface area contributed by atoms with E-state index < -0.39 is 0 Å². The summed E-state index contributed by atoms with van der Waals surface area (Å²) in [5.74, 6) is 1.06. The number of carbonyl (C=O) groups excluding carboxylic acids is 1. The minimum Gasteiger partial charge on any atom is -0.477 e. The Morgan fingerprint density at radius 1 is 1.40 bits per heavy atom. The van der Waals surface area contributed by atoms with Gasteiger partial charge in [-0.15, -0.1) is 0 Å². The summed E-state index contributed by atoms with van der Waals surface area (Å²) in [5.41, 5.74) is 7.61. The molecule has 1 amide bonds. The molecule has 2 aliphatic heterocycles. The molecule has 2 aliphatic rings. The zero-order valence-electron chi connectivity index (χ0n) is 19.9. The zero-order valence-corrected chi connectivity index (χ0v) is 19.9. The lowest BCUT2D eigenvalue weighted by Gasteiger charge is -2.30. The van der Waals surface area contributed by atoms with Crippen molar-refractivity contribution in [2.45, 2.75) is 32.2 Å². The van der Waals surface area contributed by atoms with E-state index in [4.69, 9.17) is 10.5 Å². The van der Waals surface area contributed by atoms with Gasteiger partial charge in [-0.05, 0) is 62.4 Å². The fourth-order valence-electron chi connectivity index (χ4n) is 4.40. The summed E-state index contributed by atoms with van der Waals surface area (Å²) in [7, 11) is 0. The number of carbonyl (C=O) groups is 1. The first-order valence-electron chi connectivity index (χ1n) is 12.0. The van der Waals surface area contributed by atoms with Crippen molar-refractivity contribution < 1.29 is 9.53 Å². The molecule has 4 heterocycles. The number of piperidine rings is 1. The third kappa shape index (κ3) is 6.16. The summed E-state index contributed by atoms with van der Waals surface area (Å²) in [6.45, 7) is 4.39. The number of allylic oxidation sites excluding steroid dienone is 2. The number of amides is 1. The van der Waals surface area contributed by atoms with Crippen molar-refractivity contribution in [3.8, 4) is 11.9 Å². The number of nitriles is 1. The Morgan fingerprint density at radius 2 is 2.29 bits per heavy atom. The first-order chi connectivity index (χ1) is 17.1. The van der Waals surface area contributed by atoms with Crippen molar-refractivity contribution in [3.63, 3.8) is 0 Å². The third-order valence-electron chi connectivity index (χ3n) is 6.20. The molecule has 2 unspecified atom stereocenters. The molecule has 9 heteroatoms. The molecule has 2 atom stereocenters. The first-order valence-corrected chi connectivity index (χ1v) is 12.0. The lowest BCUT2D eigenvalue weighted by molar-refractivity contribution is 0.0936. The van der Waals surface area contributed by atoms with E-state index in [1.807, 2.05) is 30.6 Å². The van der Waals surface area contributed by atoms with Gasteiger partial charge in [0.25, 0.3) is 5.91 Å². The van der Waals surface area contributed by atoms with Crippen molar-refractivity contribution in [2.75, 3.05) is 36.9 Å². The second kappa shape index (κ2) is 11.5. The lowest BCUT2D eigenvalue weighted by Crippen LogP contribution is -2.43. The predicted molar refractivity (Wildman–Crippen MR) is 135 cm³/mol. The Morgan fingerprint density at radius 3 is 3.00 bits per heavy atom. The number of anilines is 2. The number of rotatable bonds is 8. The van der Waals surface area contributed by atoms with Crippen LogP contribution in [0, 0.1) is 17.2 Å². The van der Waals surface area contributed by atoms with Crippen LogP contribution >= 0.6 is 0 Å². The molecule has 9 nitrogen and oxygen atoms in total. The second-order valence-electron chi connectivity index (χ2n) is 8.72. The predicted octanol–water partition coefficient (Wildman–Crippen LogP) is 2.56. The average Bonchev–Trinajstić information content (AvgIpc) is 2.88. The minimum atomic E-state index is -0.321. The number of ether oxygens (including phenoxy) is 1. The average molecular weight is 474 g/mol. The van der Waals surface area contributed by atoms with Gasteiger partial charge in [-0.1, -0.05) is 18.2 Å². The zero-order chi connectivity index (χ0) is 24.6. The number of nitrogens with one attached hydrogen (secondary N) is 2. The van der Waals surface area contributed by atoms with E-state index in [0.717, 1.165) is 38.2 Å². The van der Waals surface area contributed by atoms with E-state index in [9.17, 15) is 10.1 Å². The van der Waals surface area contributed by atoms with Gasteiger partial charge in [0, 0.05) is 31.5 Å². The number of pyridine rings is 2. The van der Waals surface area contributed by atoms with Crippen molar-refractivity contribution in [1.82, 2.24) is 20.6 Å². The summed E-state index contributed by atoms with van der Waals surface area (Å²) < 4.78 is 5.39. The number of hydrogen-bond donors (Lipinski definition) is 3. The van der Waals surface area contributed by atoms with Gasteiger partial charge in [-0.25, -0.2) is 9.97 Å². The van der Waals surface area contributed by atoms with Crippen molar-refractivity contribution in [3.05, 3.63) is 65.6 Å². The van der Waals surface area contributed by atoms with Crippen molar-refractivity contribution >= 4 is 17.4 Å². The van der Waals surface area contributed by atoms with Crippen LogP contribution in [-0.2, 0) is 6.42 Å². The van der Waals surface area contributed by atoms with Crippen molar-refractivity contribution in [1.29, 1.82) is 5.26 Å². The van der Waals surface area contributed by atoms with Crippen LogP contribution in [0.25, 0.3) is 0 Å². The van der Waals surface area contributed by atoms with E-state index in [0.29, 0.717) is 25.1 Å². The Labute approximate surface area is 205 Å². The number of hydrogen-bond acceptors (Lipinski definition) is 8. The molecule has 0 radical (unpaired) electrons. The topological polar surface area (TPSA) is 129 Å². The molecule has 0 spiro atoms. The van der Waals surface area contributed by atoms with Gasteiger partial charge in [-0.2, -0.15) is 5.26 Å². The number of nitrogens with zero attached hydrogens (tertiary/aromatic N) is 4. The normalized spacial score (nSPS) is 19.3. The molecular formula is C26H31N7O2. The number of nitrogens with two attached hydrogens (primary N) is 1. The summed E-state index contributed by atoms with van der Waals surface area (Å²) in [6, 6.07) is 7.93. The van der Waals surface area contributed by atoms with Gasteiger partial charge in [0.2, 0.25) is 5.88 Å². The van der Waals surface area contributed by atoms with Gasteiger partial charge >= 0.3 is 0 Å². The van der Waals surface area contributed by atoms with E-state index in [1.165, 1.54) is 11.6 Å². The number of aromatic nitrogens is 2. The maximum Gasteiger partial charge on any atom is 0.270 e. The summed E-state index contributed by atoms with van der Waals surface area (Å²) in [4.78, 5) is 23.7. The standard InChI is InChI=1S/C26H31N7O2/c1-2-35-26-21(15-27)22(28)14-23(32-26)25(34)31-17-19-8-9-29-20(13-19)12-18-6-7-24(30-16-18)33-10-4-3-5-11-33/h3-7,10,14,16,19-20,29H,2,8-9,11-13,17H2,1H3,(H2,28,32)(H,31,34). The van der Waals surface area contributed by atoms with Gasteiger partial charge in [0.05, 0.1) is 12.3 Å². The summed E-state index contributed by atoms with van der Waals surface area (Å²) >= 11 is 0. The molecule has 2 aromatic rings. The molecule has 2 aromatic heterocycles. The molecule has 4 rings (SSSR count). The lowest BCUT2D eigenvalue weighted by atomic mass is 9.89. The second-order valence-corrected chi connectivity index (χ2v) is 8.72. The van der Waals surface area contributed by atoms with Gasteiger partial charge < -0.3 is 26.0 Å². The Bertz CT molecular complexity index is 1140. The fourth-order valence-corrected chi connectivity index (χ4v) is 4.40. The van der Waals surface area contributed by atoms with Gasteiger partial charge in [0.1, 0.15) is 23.1 Å². The van der Waals surface area contributed by atoms with Crippen LogP contribution in [0.3, 0.4) is 0 Å². The summed E-state index contributed by atoms with van der Waals surface area (Å²) in [6.07, 6.45) is 12.9. The van der Waals surface area contributed by atoms with Crippen LogP contribution in [0.5, 0.6) is 5.88 Å². The molecular weight excluding hydrogens is 442 g/mol. The van der Waals surface area contributed by atoms with Crippen molar-refractivity contribution in [2.24, 2.45) is 5.92 Å². The van der Waals surface area contributed by atoms with E-state index in [1.54, 1.807) is 6.92 Å². The highest BCUT2D eigenvalue weighted by Crippen LogP contribution is 2.23. The maximum absolute atomic E-state index is 12.7. The third-order valence-corrected chi connectivity index (χ3v) is 6.20. The Balaban J connectivity index is 1.30.